The van der Waals surface area contributed by atoms with Crippen LogP contribution in [-0.2, 0) is 0 Å². The maximum atomic E-state index is 6.08. The van der Waals surface area contributed by atoms with Crippen LogP contribution in [0.5, 0.6) is 0 Å². The summed E-state index contributed by atoms with van der Waals surface area (Å²) in [6.45, 7) is 7.99. The Labute approximate surface area is 112 Å². The molecule has 1 aliphatic carbocycles. The molecule has 0 amide bonds. The summed E-state index contributed by atoms with van der Waals surface area (Å²) < 4.78 is 0. The lowest BCUT2D eigenvalue weighted by Gasteiger charge is -2.33. The highest BCUT2D eigenvalue weighted by molar-refractivity contribution is 4.92. The van der Waals surface area contributed by atoms with E-state index in [9.17, 15) is 0 Å². The van der Waals surface area contributed by atoms with Gasteiger partial charge in [0.05, 0.1) is 0 Å². The molecule has 106 valence electrons. The first-order valence-corrected chi connectivity index (χ1v) is 7.95. The fourth-order valence-corrected chi connectivity index (χ4v) is 3.19. The Balaban J connectivity index is 1.77. The molecule has 1 unspecified atom stereocenters. The smallest absolute Gasteiger partial charge is 0.0316 e. The minimum absolute atomic E-state index is 0.234. The molecule has 0 aromatic rings. The molecular formula is C15H31N3. The molecule has 18 heavy (non-hydrogen) atoms. The Morgan fingerprint density at radius 1 is 1.28 bits per heavy atom. The molecule has 0 bridgehead atoms. The predicted molar refractivity (Wildman–Crippen MR) is 77.7 cm³/mol. The largest absolute Gasteiger partial charge is 0.329 e. The van der Waals surface area contributed by atoms with Gasteiger partial charge in [-0.3, -0.25) is 0 Å². The van der Waals surface area contributed by atoms with Crippen LogP contribution in [0.4, 0.5) is 0 Å². The molecule has 3 heteroatoms. The molecule has 0 aromatic heterocycles. The maximum absolute atomic E-state index is 6.08. The van der Waals surface area contributed by atoms with Gasteiger partial charge in [-0.25, -0.2) is 0 Å². The Hall–Kier alpha value is -0.120. The Kier molecular flexibility index (Phi) is 5.46. The van der Waals surface area contributed by atoms with Gasteiger partial charge in [-0.15, -0.1) is 0 Å². The first-order valence-electron chi connectivity index (χ1n) is 7.95. The van der Waals surface area contributed by atoms with E-state index in [1.54, 1.807) is 0 Å². The second-order valence-electron chi connectivity index (χ2n) is 6.34. The Bertz CT molecular complexity index is 240. The number of nitrogens with one attached hydrogen (secondary N) is 1. The molecule has 1 saturated carbocycles. The van der Waals surface area contributed by atoms with E-state index in [0.717, 1.165) is 12.5 Å². The number of likely N-dealkylation sites (tertiary alicyclic amines) is 1. The highest BCUT2D eigenvalue weighted by Crippen LogP contribution is 2.32. The second kappa shape index (κ2) is 6.88. The van der Waals surface area contributed by atoms with Crippen LogP contribution in [0.25, 0.3) is 0 Å². The average Bonchev–Trinajstić information content (AvgIpc) is 3.19. The molecule has 0 spiro atoms. The minimum Gasteiger partial charge on any atom is -0.329 e. The van der Waals surface area contributed by atoms with Crippen molar-refractivity contribution in [3.8, 4) is 0 Å². The SMILES string of the molecule is CCCN1CCCC(CN)(NCCC2CC2)CC1. The van der Waals surface area contributed by atoms with Crippen LogP contribution < -0.4 is 11.1 Å². The monoisotopic (exact) mass is 253 g/mol. The van der Waals surface area contributed by atoms with E-state index >= 15 is 0 Å². The van der Waals surface area contributed by atoms with Crippen LogP contribution in [0, 0.1) is 5.92 Å². The highest BCUT2D eigenvalue weighted by Gasteiger charge is 2.31. The van der Waals surface area contributed by atoms with Crippen LogP contribution in [-0.4, -0.2) is 43.2 Å². The standard InChI is InChI=1S/C15H31N3/c1-2-10-18-11-3-7-15(13-16,8-12-18)17-9-6-14-4-5-14/h14,17H,2-13,16H2,1H3. The Morgan fingerprint density at radius 3 is 2.78 bits per heavy atom. The van der Waals surface area contributed by atoms with Crippen LogP contribution in [0.3, 0.4) is 0 Å². The van der Waals surface area contributed by atoms with E-state index in [4.69, 9.17) is 5.73 Å². The molecule has 0 radical (unpaired) electrons. The molecule has 1 atom stereocenters. The van der Waals surface area contributed by atoms with Gasteiger partial charge in [0.1, 0.15) is 0 Å². The molecule has 2 aliphatic rings. The van der Waals surface area contributed by atoms with Crippen molar-refractivity contribution in [2.45, 2.75) is 57.4 Å². The van der Waals surface area contributed by atoms with Crippen molar-refractivity contribution in [2.24, 2.45) is 11.7 Å². The van der Waals surface area contributed by atoms with Gasteiger partial charge in [0.15, 0.2) is 0 Å². The molecule has 0 aromatic carbocycles. The van der Waals surface area contributed by atoms with Crippen LogP contribution >= 0.6 is 0 Å². The van der Waals surface area contributed by atoms with E-state index < -0.39 is 0 Å². The minimum atomic E-state index is 0.234. The lowest BCUT2D eigenvalue weighted by Crippen LogP contribution is -2.52. The Morgan fingerprint density at radius 2 is 2.11 bits per heavy atom. The lowest BCUT2D eigenvalue weighted by molar-refractivity contribution is 0.257. The average molecular weight is 253 g/mol. The lowest BCUT2D eigenvalue weighted by atomic mass is 9.90. The highest BCUT2D eigenvalue weighted by atomic mass is 15.1. The van der Waals surface area contributed by atoms with Gasteiger partial charge in [0.2, 0.25) is 0 Å². The number of rotatable bonds is 7. The zero-order chi connectivity index (χ0) is 12.8. The van der Waals surface area contributed by atoms with Gasteiger partial charge in [-0.1, -0.05) is 19.8 Å². The van der Waals surface area contributed by atoms with Crippen molar-refractivity contribution in [3.05, 3.63) is 0 Å². The van der Waals surface area contributed by atoms with E-state index in [1.807, 2.05) is 0 Å². The van der Waals surface area contributed by atoms with Crippen molar-refractivity contribution in [2.75, 3.05) is 32.7 Å². The van der Waals surface area contributed by atoms with E-state index in [1.165, 1.54) is 71.1 Å². The van der Waals surface area contributed by atoms with Gasteiger partial charge in [-0.05, 0) is 64.2 Å². The first kappa shape index (κ1) is 14.3. The molecule has 1 heterocycles. The van der Waals surface area contributed by atoms with Gasteiger partial charge in [0.25, 0.3) is 0 Å². The molecule has 1 aliphatic heterocycles. The number of hydrogen-bond acceptors (Lipinski definition) is 3. The van der Waals surface area contributed by atoms with Gasteiger partial charge in [-0.2, -0.15) is 0 Å². The number of nitrogens with zero attached hydrogens (tertiary/aromatic N) is 1. The summed E-state index contributed by atoms with van der Waals surface area (Å²) >= 11 is 0. The zero-order valence-corrected chi connectivity index (χ0v) is 12.1. The third kappa shape index (κ3) is 4.22. The van der Waals surface area contributed by atoms with Crippen LogP contribution in [0.1, 0.15) is 51.9 Å². The van der Waals surface area contributed by atoms with Crippen molar-refractivity contribution in [1.82, 2.24) is 10.2 Å². The van der Waals surface area contributed by atoms with E-state index in [0.29, 0.717) is 0 Å². The summed E-state index contributed by atoms with van der Waals surface area (Å²) in [5.41, 5.74) is 6.31. The summed E-state index contributed by atoms with van der Waals surface area (Å²) in [6.07, 6.45) is 9.34. The summed E-state index contributed by atoms with van der Waals surface area (Å²) in [7, 11) is 0. The molecule has 2 fully saturated rings. The van der Waals surface area contributed by atoms with Gasteiger partial charge in [0, 0.05) is 12.1 Å². The molecular weight excluding hydrogens is 222 g/mol. The zero-order valence-electron chi connectivity index (χ0n) is 12.1. The van der Waals surface area contributed by atoms with Crippen molar-refractivity contribution in [1.29, 1.82) is 0 Å². The second-order valence-corrected chi connectivity index (χ2v) is 6.34. The first-order chi connectivity index (χ1) is 8.78. The van der Waals surface area contributed by atoms with E-state index in [-0.39, 0.29) is 5.54 Å². The quantitative estimate of drug-likeness (QED) is 0.729. The molecule has 1 saturated heterocycles. The van der Waals surface area contributed by atoms with Crippen molar-refractivity contribution >= 4 is 0 Å². The summed E-state index contributed by atoms with van der Waals surface area (Å²) in [4.78, 5) is 2.61. The number of hydrogen-bond donors (Lipinski definition) is 2. The summed E-state index contributed by atoms with van der Waals surface area (Å²) in [5, 5.41) is 3.81. The fraction of sp³-hybridized carbons (Fsp3) is 1.00. The number of nitrogens with two attached hydrogens (primary N) is 1. The molecule has 2 rings (SSSR count). The molecule has 3 nitrogen and oxygen atoms in total. The van der Waals surface area contributed by atoms with Crippen LogP contribution in [0.2, 0.25) is 0 Å². The maximum Gasteiger partial charge on any atom is 0.0316 e. The summed E-state index contributed by atoms with van der Waals surface area (Å²) in [6, 6.07) is 0. The van der Waals surface area contributed by atoms with Gasteiger partial charge < -0.3 is 16.0 Å². The summed E-state index contributed by atoms with van der Waals surface area (Å²) in [5.74, 6) is 1.02. The van der Waals surface area contributed by atoms with Crippen molar-refractivity contribution in [3.63, 3.8) is 0 Å². The van der Waals surface area contributed by atoms with E-state index in [2.05, 4.69) is 17.1 Å². The normalized spacial score (nSPS) is 30.3. The third-order valence-electron chi connectivity index (χ3n) is 4.72. The van der Waals surface area contributed by atoms with Crippen LogP contribution in [0.15, 0.2) is 0 Å². The van der Waals surface area contributed by atoms with Crippen molar-refractivity contribution < 1.29 is 0 Å². The molecule has 3 N–H and O–H groups in total. The topological polar surface area (TPSA) is 41.3 Å². The van der Waals surface area contributed by atoms with Gasteiger partial charge >= 0.3 is 0 Å². The third-order valence-corrected chi connectivity index (χ3v) is 4.72. The predicted octanol–water partition coefficient (Wildman–Crippen LogP) is 1.97. The fourth-order valence-electron chi connectivity index (χ4n) is 3.19.